The van der Waals surface area contributed by atoms with E-state index in [4.69, 9.17) is 0 Å². The van der Waals surface area contributed by atoms with E-state index < -0.39 is 11.6 Å². The molecule has 0 bridgehead atoms. The van der Waals surface area contributed by atoms with Crippen LogP contribution < -0.4 is 5.32 Å². The maximum absolute atomic E-state index is 13.5. The van der Waals surface area contributed by atoms with Crippen LogP contribution in [0.3, 0.4) is 0 Å². The minimum Gasteiger partial charge on any atom is -0.347 e. The van der Waals surface area contributed by atoms with E-state index in [0.717, 1.165) is 19.0 Å². The Labute approximate surface area is 131 Å². The van der Waals surface area contributed by atoms with Gasteiger partial charge in [0, 0.05) is 17.5 Å². The number of amides is 1. The number of carbonyl (C=O) groups excluding carboxylic acids is 1. The van der Waals surface area contributed by atoms with Gasteiger partial charge < -0.3 is 5.32 Å². The van der Waals surface area contributed by atoms with Gasteiger partial charge in [0.2, 0.25) is 0 Å². The molecule has 1 aliphatic heterocycles. The topological polar surface area (TPSA) is 32.3 Å². The maximum atomic E-state index is 13.5. The van der Waals surface area contributed by atoms with E-state index in [1.165, 1.54) is 17.4 Å². The zero-order chi connectivity index (χ0) is 15.7. The van der Waals surface area contributed by atoms with Crippen LogP contribution in [0, 0.1) is 11.6 Å². The summed E-state index contributed by atoms with van der Waals surface area (Å²) in [7, 11) is 1.92. The number of hydrogen-bond donors (Lipinski definition) is 1. The molecule has 3 nitrogen and oxygen atoms in total. The lowest BCUT2D eigenvalue weighted by Gasteiger charge is -2.26. The minimum absolute atomic E-state index is 0.123. The molecule has 0 spiro atoms. The molecular formula is C16H16F2N2OS. The predicted octanol–water partition coefficient (Wildman–Crippen LogP) is 3.20. The van der Waals surface area contributed by atoms with Crippen molar-refractivity contribution in [2.24, 2.45) is 0 Å². The number of halogens is 2. The highest BCUT2D eigenvalue weighted by atomic mass is 32.1. The van der Waals surface area contributed by atoms with Gasteiger partial charge in [-0.3, -0.25) is 9.69 Å². The summed E-state index contributed by atoms with van der Waals surface area (Å²) in [4.78, 5) is 14.3. The smallest absolute Gasteiger partial charge is 0.252 e. The Balaban J connectivity index is 1.81. The lowest BCUT2D eigenvalue weighted by atomic mass is 9.99. The molecule has 0 aliphatic carbocycles. The Hall–Kier alpha value is -1.79. The third-order valence-electron chi connectivity index (χ3n) is 4.03. The molecule has 2 aromatic rings. The van der Waals surface area contributed by atoms with Crippen LogP contribution in [0.2, 0.25) is 0 Å². The summed E-state index contributed by atoms with van der Waals surface area (Å²) < 4.78 is 26.6. The van der Waals surface area contributed by atoms with Crippen molar-refractivity contribution in [2.45, 2.75) is 18.5 Å². The molecule has 2 atom stereocenters. The van der Waals surface area contributed by atoms with Gasteiger partial charge in [0.05, 0.1) is 12.1 Å². The molecule has 1 aromatic carbocycles. The zero-order valence-corrected chi connectivity index (χ0v) is 12.9. The third kappa shape index (κ3) is 2.89. The summed E-state index contributed by atoms with van der Waals surface area (Å²) in [6, 6.07) is 5.42. The molecule has 2 unspecified atom stereocenters. The summed E-state index contributed by atoms with van der Waals surface area (Å²) in [6.45, 7) is 0.790. The second-order valence-corrected chi connectivity index (χ2v) is 6.26. The summed E-state index contributed by atoms with van der Waals surface area (Å²) in [5, 5.41) is 6.65. The zero-order valence-electron chi connectivity index (χ0n) is 12.1. The molecular weight excluding hydrogens is 306 g/mol. The molecule has 1 amide bonds. The van der Waals surface area contributed by atoms with Crippen LogP contribution in [0.25, 0.3) is 0 Å². The first-order valence-corrected chi connectivity index (χ1v) is 7.99. The average Bonchev–Trinajstić information content (AvgIpc) is 3.13. The highest BCUT2D eigenvalue weighted by molar-refractivity contribution is 7.08. The van der Waals surface area contributed by atoms with E-state index in [2.05, 4.69) is 5.32 Å². The van der Waals surface area contributed by atoms with Gasteiger partial charge in [-0.05, 0) is 42.6 Å². The molecule has 116 valence electrons. The standard InChI is InChI=1S/C16H16F2N2OS/c1-20-6-4-14(19-16(21)11-5-7-22-9-11)15(20)10-2-3-12(17)13(18)8-10/h2-3,5,7-9,14-15H,4,6H2,1H3,(H,19,21). The number of carbonyl (C=O) groups is 1. The van der Waals surface area contributed by atoms with Gasteiger partial charge in [-0.25, -0.2) is 8.78 Å². The number of rotatable bonds is 3. The van der Waals surface area contributed by atoms with Gasteiger partial charge in [-0.1, -0.05) is 6.07 Å². The average molecular weight is 322 g/mol. The summed E-state index contributed by atoms with van der Waals surface area (Å²) >= 11 is 1.46. The van der Waals surface area contributed by atoms with Crippen molar-refractivity contribution >= 4 is 17.2 Å². The van der Waals surface area contributed by atoms with Crippen LogP contribution >= 0.6 is 11.3 Å². The Kier molecular flexibility index (Phi) is 4.22. The minimum atomic E-state index is -0.860. The van der Waals surface area contributed by atoms with Gasteiger partial charge in [-0.2, -0.15) is 11.3 Å². The van der Waals surface area contributed by atoms with Crippen molar-refractivity contribution in [3.8, 4) is 0 Å². The molecule has 0 saturated carbocycles. The first-order chi connectivity index (χ1) is 10.6. The molecule has 1 saturated heterocycles. The second kappa shape index (κ2) is 6.14. The largest absolute Gasteiger partial charge is 0.347 e. The van der Waals surface area contributed by atoms with E-state index in [9.17, 15) is 13.6 Å². The van der Waals surface area contributed by atoms with Crippen LogP contribution in [-0.4, -0.2) is 30.4 Å². The second-order valence-electron chi connectivity index (χ2n) is 5.48. The number of thiophene rings is 1. The lowest BCUT2D eigenvalue weighted by molar-refractivity contribution is 0.0928. The molecule has 2 heterocycles. The van der Waals surface area contributed by atoms with Gasteiger partial charge in [-0.15, -0.1) is 0 Å². The summed E-state index contributed by atoms with van der Waals surface area (Å²) in [5.41, 5.74) is 1.30. The Morgan fingerprint density at radius 2 is 2.14 bits per heavy atom. The number of nitrogens with one attached hydrogen (secondary N) is 1. The molecule has 1 N–H and O–H groups in total. The van der Waals surface area contributed by atoms with Gasteiger partial charge in [0.25, 0.3) is 5.91 Å². The van der Waals surface area contributed by atoms with E-state index in [-0.39, 0.29) is 18.0 Å². The molecule has 22 heavy (non-hydrogen) atoms. The fourth-order valence-electron chi connectivity index (χ4n) is 2.93. The fraction of sp³-hybridized carbons (Fsp3) is 0.312. The summed E-state index contributed by atoms with van der Waals surface area (Å²) in [6.07, 6.45) is 0.774. The van der Waals surface area contributed by atoms with Crippen molar-refractivity contribution in [3.63, 3.8) is 0 Å². The normalized spacial score (nSPS) is 22.0. The highest BCUT2D eigenvalue weighted by Crippen LogP contribution is 2.32. The number of hydrogen-bond acceptors (Lipinski definition) is 3. The van der Waals surface area contributed by atoms with Crippen LogP contribution in [0.15, 0.2) is 35.0 Å². The van der Waals surface area contributed by atoms with E-state index >= 15 is 0 Å². The molecule has 6 heteroatoms. The predicted molar refractivity (Wildman–Crippen MR) is 81.9 cm³/mol. The van der Waals surface area contributed by atoms with Crippen molar-refractivity contribution in [2.75, 3.05) is 13.6 Å². The number of nitrogens with zero attached hydrogens (tertiary/aromatic N) is 1. The number of likely N-dealkylation sites (N-methyl/N-ethyl adjacent to an activating group) is 1. The van der Waals surface area contributed by atoms with Crippen molar-refractivity contribution in [1.82, 2.24) is 10.2 Å². The van der Waals surface area contributed by atoms with Gasteiger partial charge >= 0.3 is 0 Å². The van der Waals surface area contributed by atoms with E-state index in [1.807, 2.05) is 17.3 Å². The van der Waals surface area contributed by atoms with Crippen molar-refractivity contribution in [1.29, 1.82) is 0 Å². The van der Waals surface area contributed by atoms with Crippen molar-refractivity contribution in [3.05, 3.63) is 57.8 Å². The summed E-state index contributed by atoms with van der Waals surface area (Å²) in [5.74, 6) is -1.85. The highest BCUT2D eigenvalue weighted by Gasteiger charge is 2.34. The monoisotopic (exact) mass is 322 g/mol. The quantitative estimate of drug-likeness (QED) is 0.941. The first-order valence-electron chi connectivity index (χ1n) is 7.04. The first kappa shape index (κ1) is 15.1. The molecule has 3 rings (SSSR count). The van der Waals surface area contributed by atoms with E-state index in [0.29, 0.717) is 11.1 Å². The number of likely N-dealkylation sites (tertiary alicyclic amines) is 1. The van der Waals surface area contributed by atoms with Crippen LogP contribution in [0.4, 0.5) is 8.78 Å². The number of benzene rings is 1. The Bertz CT molecular complexity index is 675. The van der Waals surface area contributed by atoms with Crippen molar-refractivity contribution < 1.29 is 13.6 Å². The lowest BCUT2D eigenvalue weighted by Crippen LogP contribution is -2.38. The van der Waals surface area contributed by atoms with Gasteiger partial charge in [0.1, 0.15) is 0 Å². The van der Waals surface area contributed by atoms with Crippen LogP contribution in [0.1, 0.15) is 28.4 Å². The van der Waals surface area contributed by atoms with Gasteiger partial charge in [0.15, 0.2) is 11.6 Å². The Morgan fingerprint density at radius 1 is 1.32 bits per heavy atom. The van der Waals surface area contributed by atoms with Crippen LogP contribution in [-0.2, 0) is 0 Å². The Morgan fingerprint density at radius 3 is 2.82 bits per heavy atom. The maximum Gasteiger partial charge on any atom is 0.252 e. The van der Waals surface area contributed by atoms with E-state index in [1.54, 1.807) is 17.5 Å². The van der Waals surface area contributed by atoms with Crippen LogP contribution in [0.5, 0.6) is 0 Å². The molecule has 1 aromatic heterocycles. The molecule has 0 radical (unpaired) electrons. The molecule has 1 aliphatic rings. The SMILES string of the molecule is CN1CCC(NC(=O)c2ccsc2)C1c1ccc(F)c(F)c1. The molecule has 1 fully saturated rings. The fourth-order valence-corrected chi connectivity index (χ4v) is 3.56. The third-order valence-corrected chi connectivity index (χ3v) is 4.72.